The Hall–Kier alpha value is -1.69. The van der Waals surface area contributed by atoms with E-state index in [2.05, 4.69) is 22.2 Å². The predicted molar refractivity (Wildman–Crippen MR) is 76.7 cm³/mol. The normalized spacial score (nSPS) is 19.6. The number of aliphatic carboxylic acids is 1. The number of carboxylic acids is 1. The number of rotatable bonds is 3. The first-order valence-corrected chi connectivity index (χ1v) is 7.60. The Labute approximate surface area is 121 Å². The first kappa shape index (κ1) is 13.3. The van der Waals surface area contributed by atoms with Gasteiger partial charge in [-0.2, -0.15) is 0 Å². The molecule has 6 heteroatoms. The Morgan fingerprint density at radius 2 is 2.35 bits per heavy atom. The molecule has 0 saturated heterocycles. The third kappa shape index (κ3) is 2.24. The fourth-order valence-electron chi connectivity index (χ4n) is 2.65. The van der Waals surface area contributed by atoms with Crippen LogP contribution in [0.15, 0.2) is 6.33 Å². The van der Waals surface area contributed by atoms with Crippen molar-refractivity contribution in [3.05, 3.63) is 16.8 Å². The van der Waals surface area contributed by atoms with E-state index in [4.69, 9.17) is 0 Å². The van der Waals surface area contributed by atoms with Crippen molar-refractivity contribution in [2.24, 2.45) is 5.92 Å². The number of aromatic nitrogens is 2. The summed E-state index contributed by atoms with van der Waals surface area (Å²) in [6.45, 7) is 3.82. The van der Waals surface area contributed by atoms with Crippen LogP contribution in [0.2, 0.25) is 0 Å². The second-order valence-electron chi connectivity index (χ2n) is 5.44. The van der Waals surface area contributed by atoms with Crippen LogP contribution in [0.4, 0.5) is 5.82 Å². The highest BCUT2D eigenvalue weighted by molar-refractivity contribution is 7.19. The SMILES string of the molecule is C[C@H]1CCc2c(sc3ncnc(N[C@@H](C)C(=O)[O-])c23)C1. The van der Waals surface area contributed by atoms with Crippen LogP contribution in [-0.2, 0) is 17.6 Å². The molecule has 0 spiro atoms. The third-order valence-corrected chi connectivity index (χ3v) is 4.96. The van der Waals surface area contributed by atoms with E-state index in [1.165, 1.54) is 16.8 Å². The van der Waals surface area contributed by atoms with Gasteiger partial charge >= 0.3 is 0 Å². The van der Waals surface area contributed by atoms with Crippen molar-refractivity contribution in [2.75, 3.05) is 5.32 Å². The van der Waals surface area contributed by atoms with Crippen molar-refractivity contribution in [1.29, 1.82) is 0 Å². The van der Waals surface area contributed by atoms with E-state index < -0.39 is 12.0 Å². The number of carboxylic acid groups (broad SMARTS) is 1. The molecule has 0 aliphatic heterocycles. The number of nitrogens with zero attached hydrogens (tertiary/aromatic N) is 2. The van der Waals surface area contributed by atoms with Gasteiger partial charge in [0.1, 0.15) is 17.0 Å². The molecule has 5 nitrogen and oxygen atoms in total. The summed E-state index contributed by atoms with van der Waals surface area (Å²) in [5.74, 6) is 0.176. The van der Waals surface area contributed by atoms with Crippen LogP contribution >= 0.6 is 11.3 Å². The fraction of sp³-hybridized carbons (Fsp3) is 0.500. The molecule has 1 N–H and O–H groups in total. The highest BCUT2D eigenvalue weighted by Crippen LogP contribution is 2.39. The van der Waals surface area contributed by atoms with Crippen molar-refractivity contribution in [3.8, 4) is 0 Å². The summed E-state index contributed by atoms with van der Waals surface area (Å²) in [6, 6.07) is -0.772. The van der Waals surface area contributed by atoms with E-state index in [0.717, 1.165) is 29.5 Å². The van der Waals surface area contributed by atoms with Gasteiger partial charge in [0.15, 0.2) is 0 Å². The van der Waals surface area contributed by atoms with Gasteiger partial charge in [-0.25, -0.2) is 9.97 Å². The maximum Gasteiger partial charge on any atom is 0.138 e. The van der Waals surface area contributed by atoms with E-state index in [1.54, 1.807) is 18.3 Å². The molecule has 1 aliphatic rings. The largest absolute Gasteiger partial charge is 0.548 e. The lowest BCUT2D eigenvalue weighted by molar-refractivity contribution is -0.306. The monoisotopic (exact) mass is 290 g/mol. The topological polar surface area (TPSA) is 77.9 Å². The Kier molecular flexibility index (Phi) is 3.33. The van der Waals surface area contributed by atoms with Gasteiger partial charge in [-0.05, 0) is 37.7 Å². The number of fused-ring (bicyclic) bond motifs is 3. The lowest BCUT2D eigenvalue weighted by Gasteiger charge is -2.19. The van der Waals surface area contributed by atoms with Gasteiger partial charge in [-0.15, -0.1) is 11.3 Å². The summed E-state index contributed by atoms with van der Waals surface area (Å²) in [6.07, 6.45) is 4.73. The number of hydrogen-bond donors (Lipinski definition) is 1. The van der Waals surface area contributed by atoms with Crippen LogP contribution in [0.25, 0.3) is 10.2 Å². The fourth-order valence-corrected chi connectivity index (χ4v) is 4.00. The van der Waals surface area contributed by atoms with Crippen molar-refractivity contribution in [2.45, 2.75) is 39.2 Å². The summed E-state index contributed by atoms with van der Waals surface area (Å²) in [7, 11) is 0. The van der Waals surface area contributed by atoms with Gasteiger partial charge < -0.3 is 15.2 Å². The van der Waals surface area contributed by atoms with Crippen LogP contribution in [0.1, 0.15) is 30.7 Å². The van der Waals surface area contributed by atoms with E-state index in [-0.39, 0.29) is 0 Å². The van der Waals surface area contributed by atoms with Crippen LogP contribution in [0.5, 0.6) is 0 Å². The number of anilines is 1. The molecular weight excluding hydrogens is 274 g/mol. The van der Waals surface area contributed by atoms with Gasteiger partial charge in [-0.1, -0.05) is 6.92 Å². The van der Waals surface area contributed by atoms with Crippen LogP contribution in [0.3, 0.4) is 0 Å². The highest BCUT2D eigenvalue weighted by atomic mass is 32.1. The quantitative estimate of drug-likeness (QED) is 0.923. The van der Waals surface area contributed by atoms with Crippen molar-refractivity contribution >= 4 is 33.3 Å². The summed E-state index contributed by atoms with van der Waals surface area (Å²) in [5, 5.41) is 14.8. The molecule has 0 aromatic carbocycles. The summed E-state index contributed by atoms with van der Waals surface area (Å²) >= 11 is 1.70. The molecule has 0 saturated carbocycles. The lowest BCUT2D eigenvalue weighted by Crippen LogP contribution is -2.38. The molecule has 0 bridgehead atoms. The first-order chi connectivity index (χ1) is 9.56. The van der Waals surface area contributed by atoms with Gasteiger partial charge in [0, 0.05) is 4.88 Å². The average molecular weight is 290 g/mol. The maximum absolute atomic E-state index is 10.9. The number of aryl methyl sites for hydroxylation is 1. The van der Waals surface area contributed by atoms with E-state index in [1.807, 2.05) is 0 Å². The zero-order valence-electron chi connectivity index (χ0n) is 11.5. The molecule has 106 valence electrons. The standard InChI is InChI=1S/C14H17N3O2S/c1-7-3-4-9-10(5-7)20-13-11(9)12(15-6-16-13)17-8(2)14(18)19/h6-8H,3-5H2,1-2H3,(H,18,19)(H,15,16,17)/p-1/t7-,8-/m0/s1. The first-order valence-electron chi connectivity index (χ1n) is 6.79. The van der Waals surface area contributed by atoms with E-state index in [0.29, 0.717) is 11.7 Å². The molecule has 2 atom stereocenters. The van der Waals surface area contributed by atoms with E-state index in [9.17, 15) is 9.90 Å². The minimum absolute atomic E-state index is 0.610. The molecule has 20 heavy (non-hydrogen) atoms. The molecule has 3 rings (SSSR count). The summed E-state index contributed by atoms with van der Waals surface area (Å²) in [4.78, 5) is 21.7. The smallest absolute Gasteiger partial charge is 0.138 e. The Balaban J connectivity index is 2.07. The molecule has 0 amide bonds. The highest BCUT2D eigenvalue weighted by Gasteiger charge is 2.23. The van der Waals surface area contributed by atoms with Crippen LogP contribution < -0.4 is 10.4 Å². The number of carbonyl (C=O) groups is 1. The summed E-state index contributed by atoms with van der Waals surface area (Å²) < 4.78 is 0. The molecule has 1 aliphatic carbocycles. The molecule has 0 fully saturated rings. The van der Waals surface area contributed by atoms with Crippen molar-refractivity contribution < 1.29 is 9.90 Å². The molecule has 2 aromatic rings. The number of carbonyl (C=O) groups excluding carboxylic acids is 1. The minimum atomic E-state index is -1.13. The van der Waals surface area contributed by atoms with Gasteiger partial charge in [0.05, 0.1) is 17.4 Å². The summed E-state index contributed by atoms with van der Waals surface area (Å²) in [5.41, 5.74) is 1.29. The predicted octanol–water partition coefficient (Wildman–Crippen LogP) is 1.37. The zero-order valence-corrected chi connectivity index (χ0v) is 12.3. The molecule has 2 aromatic heterocycles. The third-order valence-electron chi connectivity index (χ3n) is 3.80. The number of hydrogen-bond acceptors (Lipinski definition) is 6. The maximum atomic E-state index is 10.9. The van der Waals surface area contributed by atoms with Crippen molar-refractivity contribution in [1.82, 2.24) is 9.97 Å². The Morgan fingerprint density at radius 3 is 3.10 bits per heavy atom. The van der Waals surface area contributed by atoms with E-state index >= 15 is 0 Å². The second kappa shape index (κ2) is 5.01. The lowest BCUT2D eigenvalue weighted by atomic mass is 9.89. The molecule has 0 radical (unpaired) electrons. The zero-order chi connectivity index (χ0) is 14.3. The Morgan fingerprint density at radius 1 is 1.55 bits per heavy atom. The second-order valence-corrected chi connectivity index (χ2v) is 6.52. The number of nitrogens with one attached hydrogen (secondary N) is 1. The van der Waals surface area contributed by atoms with Crippen LogP contribution in [-0.4, -0.2) is 22.0 Å². The van der Waals surface area contributed by atoms with Crippen molar-refractivity contribution in [3.63, 3.8) is 0 Å². The number of thiophene rings is 1. The van der Waals surface area contributed by atoms with Gasteiger partial charge in [-0.3, -0.25) is 0 Å². The van der Waals surface area contributed by atoms with Gasteiger partial charge in [0.2, 0.25) is 0 Å². The molecule has 0 unspecified atom stereocenters. The van der Waals surface area contributed by atoms with Crippen LogP contribution in [0, 0.1) is 5.92 Å². The molecule has 2 heterocycles. The Bertz CT molecular complexity index is 668. The van der Waals surface area contributed by atoms with Gasteiger partial charge in [0.25, 0.3) is 0 Å². The average Bonchev–Trinajstić information content (AvgIpc) is 2.76. The minimum Gasteiger partial charge on any atom is -0.548 e. The molecular formula is C14H16N3O2S-.